The van der Waals surface area contributed by atoms with Crippen LogP contribution in [0, 0.1) is 0 Å². The Morgan fingerprint density at radius 3 is 2.61 bits per heavy atom. The molecule has 0 aromatic heterocycles. The quantitative estimate of drug-likeness (QED) is 0.843. The van der Waals surface area contributed by atoms with Gasteiger partial charge in [0.25, 0.3) is 0 Å². The Morgan fingerprint density at radius 2 is 2.00 bits per heavy atom. The van der Waals surface area contributed by atoms with Gasteiger partial charge in [-0.1, -0.05) is 36.4 Å². The van der Waals surface area contributed by atoms with Crippen molar-refractivity contribution in [3.8, 4) is 0 Å². The number of benzene rings is 1. The van der Waals surface area contributed by atoms with E-state index in [0.29, 0.717) is 18.7 Å². The Balaban J connectivity index is 1.42. The van der Waals surface area contributed by atoms with Crippen LogP contribution in [0.25, 0.3) is 0 Å². The number of hydrogen-bond acceptors (Lipinski definition) is 4. The van der Waals surface area contributed by atoms with Gasteiger partial charge in [0.2, 0.25) is 0 Å². The molecule has 1 amide bonds. The summed E-state index contributed by atoms with van der Waals surface area (Å²) in [6.07, 6.45) is 2.77. The van der Waals surface area contributed by atoms with E-state index in [1.54, 1.807) is 0 Å². The first-order valence-electron chi connectivity index (χ1n) is 8.32. The van der Waals surface area contributed by atoms with Gasteiger partial charge in [0.1, 0.15) is 6.61 Å². The van der Waals surface area contributed by atoms with Gasteiger partial charge in [-0.15, -0.1) is 6.58 Å². The van der Waals surface area contributed by atoms with Crippen LogP contribution >= 0.6 is 0 Å². The standard InChI is InChI=1S/C18H25N3O2/c1-2-6-16-17(13-19-16)20-9-11-21(12-10-20)18(22)23-14-15-7-4-3-5-8-15/h2-5,7-8,16-17,19H,1,6,9-14H2/t16-,17-/m1/s1. The van der Waals surface area contributed by atoms with E-state index in [1.165, 1.54) is 0 Å². The normalized spacial score (nSPS) is 24.8. The van der Waals surface area contributed by atoms with Crippen LogP contribution in [0.4, 0.5) is 4.79 Å². The average Bonchev–Trinajstić information content (AvgIpc) is 2.58. The van der Waals surface area contributed by atoms with Crippen molar-refractivity contribution >= 4 is 6.09 Å². The zero-order valence-corrected chi connectivity index (χ0v) is 13.5. The summed E-state index contributed by atoms with van der Waals surface area (Å²) in [5.74, 6) is 0. The minimum absolute atomic E-state index is 0.206. The van der Waals surface area contributed by atoms with Crippen molar-refractivity contribution in [1.82, 2.24) is 15.1 Å². The third-order valence-corrected chi connectivity index (χ3v) is 4.72. The van der Waals surface area contributed by atoms with Crippen molar-refractivity contribution < 1.29 is 9.53 Å². The highest BCUT2D eigenvalue weighted by atomic mass is 16.6. The molecule has 5 nitrogen and oxygen atoms in total. The monoisotopic (exact) mass is 315 g/mol. The SMILES string of the molecule is C=CC[C@H]1NC[C@H]1N1CCN(C(=O)OCc2ccccc2)CC1. The first-order valence-corrected chi connectivity index (χ1v) is 8.32. The van der Waals surface area contributed by atoms with Gasteiger partial charge in [0, 0.05) is 44.8 Å². The lowest BCUT2D eigenvalue weighted by atomic mass is 9.94. The lowest BCUT2D eigenvalue weighted by Crippen LogP contribution is -2.67. The molecular formula is C18H25N3O2. The topological polar surface area (TPSA) is 44.8 Å². The number of hydrogen-bond donors (Lipinski definition) is 1. The fraction of sp³-hybridized carbons (Fsp3) is 0.500. The molecule has 0 unspecified atom stereocenters. The van der Waals surface area contributed by atoms with Crippen LogP contribution in [0.2, 0.25) is 0 Å². The maximum atomic E-state index is 12.2. The van der Waals surface area contributed by atoms with E-state index in [1.807, 2.05) is 41.3 Å². The number of nitrogens with zero attached hydrogens (tertiary/aromatic N) is 2. The molecule has 0 bridgehead atoms. The van der Waals surface area contributed by atoms with Gasteiger partial charge in [-0.05, 0) is 12.0 Å². The molecule has 5 heteroatoms. The molecule has 2 aliphatic heterocycles. The Bertz CT molecular complexity index is 526. The van der Waals surface area contributed by atoms with E-state index in [0.717, 1.165) is 44.7 Å². The Kier molecular flexibility index (Phi) is 5.31. The van der Waals surface area contributed by atoms with Crippen LogP contribution in [0.5, 0.6) is 0 Å². The lowest BCUT2D eigenvalue weighted by molar-refractivity contribution is 0.0338. The summed E-state index contributed by atoms with van der Waals surface area (Å²) in [5.41, 5.74) is 1.02. The summed E-state index contributed by atoms with van der Waals surface area (Å²) in [5, 5.41) is 3.45. The summed E-state index contributed by atoms with van der Waals surface area (Å²) in [4.78, 5) is 16.4. The molecule has 0 aliphatic carbocycles. The van der Waals surface area contributed by atoms with Gasteiger partial charge in [-0.2, -0.15) is 0 Å². The van der Waals surface area contributed by atoms with Gasteiger partial charge in [0.05, 0.1) is 0 Å². The highest BCUT2D eigenvalue weighted by molar-refractivity contribution is 5.67. The molecule has 124 valence electrons. The lowest BCUT2D eigenvalue weighted by Gasteiger charge is -2.47. The van der Waals surface area contributed by atoms with E-state index >= 15 is 0 Å². The van der Waals surface area contributed by atoms with Crippen molar-refractivity contribution in [2.75, 3.05) is 32.7 Å². The molecule has 2 fully saturated rings. The molecular weight excluding hydrogens is 290 g/mol. The van der Waals surface area contributed by atoms with Gasteiger partial charge in [-0.25, -0.2) is 4.79 Å². The Morgan fingerprint density at radius 1 is 1.26 bits per heavy atom. The number of rotatable bonds is 5. The minimum Gasteiger partial charge on any atom is -0.445 e. The highest BCUT2D eigenvalue weighted by Gasteiger charge is 2.36. The number of piperazine rings is 1. The summed E-state index contributed by atoms with van der Waals surface area (Å²) in [7, 11) is 0. The first-order chi connectivity index (χ1) is 11.3. The fourth-order valence-electron chi connectivity index (χ4n) is 3.24. The smallest absolute Gasteiger partial charge is 0.410 e. The molecule has 3 rings (SSSR count). The van der Waals surface area contributed by atoms with E-state index in [4.69, 9.17) is 4.74 Å². The van der Waals surface area contributed by atoms with E-state index in [9.17, 15) is 4.79 Å². The van der Waals surface area contributed by atoms with E-state index < -0.39 is 0 Å². The molecule has 2 aliphatic rings. The summed E-state index contributed by atoms with van der Waals surface area (Å²) in [6, 6.07) is 10.9. The number of nitrogens with one attached hydrogen (secondary N) is 1. The second-order valence-electron chi connectivity index (χ2n) is 6.17. The largest absolute Gasteiger partial charge is 0.445 e. The van der Waals surface area contributed by atoms with Crippen LogP contribution in [-0.2, 0) is 11.3 Å². The zero-order valence-electron chi connectivity index (χ0n) is 13.5. The molecule has 1 aromatic carbocycles. The van der Waals surface area contributed by atoms with Gasteiger partial charge >= 0.3 is 6.09 Å². The van der Waals surface area contributed by atoms with Crippen molar-refractivity contribution in [2.45, 2.75) is 25.1 Å². The number of carbonyl (C=O) groups is 1. The van der Waals surface area contributed by atoms with E-state index in [-0.39, 0.29) is 6.09 Å². The van der Waals surface area contributed by atoms with Gasteiger partial charge in [0.15, 0.2) is 0 Å². The summed E-state index contributed by atoms with van der Waals surface area (Å²) in [6.45, 7) is 8.51. The maximum Gasteiger partial charge on any atom is 0.410 e. The molecule has 0 saturated carbocycles. The van der Waals surface area contributed by atoms with Crippen LogP contribution in [0.1, 0.15) is 12.0 Å². The molecule has 0 radical (unpaired) electrons. The highest BCUT2D eigenvalue weighted by Crippen LogP contribution is 2.18. The van der Waals surface area contributed by atoms with Crippen molar-refractivity contribution in [3.05, 3.63) is 48.6 Å². The van der Waals surface area contributed by atoms with Crippen LogP contribution in [-0.4, -0.2) is 60.7 Å². The van der Waals surface area contributed by atoms with Crippen LogP contribution in [0.3, 0.4) is 0 Å². The fourth-order valence-corrected chi connectivity index (χ4v) is 3.24. The third kappa shape index (κ3) is 3.92. The molecule has 23 heavy (non-hydrogen) atoms. The predicted molar refractivity (Wildman–Crippen MR) is 90.2 cm³/mol. The van der Waals surface area contributed by atoms with Crippen LogP contribution < -0.4 is 5.32 Å². The predicted octanol–water partition coefficient (Wildman–Crippen LogP) is 1.86. The Hall–Kier alpha value is -1.85. The molecule has 1 aromatic rings. The zero-order chi connectivity index (χ0) is 16.1. The van der Waals surface area contributed by atoms with Crippen molar-refractivity contribution in [3.63, 3.8) is 0 Å². The third-order valence-electron chi connectivity index (χ3n) is 4.72. The van der Waals surface area contributed by atoms with Crippen molar-refractivity contribution in [2.24, 2.45) is 0 Å². The second kappa shape index (κ2) is 7.62. The second-order valence-corrected chi connectivity index (χ2v) is 6.17. The molecule has 2 heterocycles. The Labute approximate surface area is 137 Å². The van der Waals surface area contributed by atoms with Gasteiger partial charge < -0.3 is 15.0 Å². The molecule has 2 atom stereocenters. The average molecular weight is 315 g/mol. The summed E-state index contributed by atoms with van der Waals surface area (Å²) < 4.78 is 5.41. The minimum atomic E-state index is -0.206. The molecule has 2 saturated heterocycles. The molecule has 0 spiro atoms. The first kappa shape index (κ1) is 16.0. The maximum absolute atomic E-state index is 12.2. The number of carbonyl (C=O) groups excluding carboxylic acids is 1. The number of amides is 1. The van der Waals surface area contributed by atoms with Crippen LogP contribution in [0.15, 0.2) is 43.0 Å². The van der Waals surface area contributed by atoms with Crippen molar-refractivity contribution in [1.29, 1.82) is 0 Å². The van der Waals surface area contributed by atoms with Gasteiger partial charge in [-0.3, -0.25) is 4.90 Å². The van der Waals surface area contributed by atoms with E-state index in [2.05, 4.69) is 16.8 Å². The number of ether oxygens (including phenoxy) is 1. The molecule has 1 N–H and O–H groups in total. The summed E-state index contributed by atoms with van der Waals surface area (Å²) >= 11 is 0.